The zero-order chi connectivity index (χ0) is 58.5. The summed E-state index contributed by atoms with van der Waals surface area (Å²) in [5.41, 5.74) is 9.98. The fourth-order valence-electron chi connectivity index (χ4n) is 9.12. The van der Waals surface area contributed by atoms with Gasteiger partial charge >= 0.3 is 59.7 Å². The van der Waals surface area contributed by atoms with Gasteiger partial charge in [-0.25, -0.2) is 0 Å². The summed E-state index contributed by atoms with van der Waals surface area (Å²) in [6, 6.07) is -2.13. The Morgan fingerprint density at radius 2 is 0.885 bits per heavy atom. The van der Waals surface area contributed by atoms with Gasteiger partial charge in [0, 0.05) is 86.5 Å². The van der Waals surface area contributed by atoms with E-state index in [0.29, 0.717) is 0 Å². The molecular weight excluding hydrogens is 1060 g/mol. The van der Waals surface area contributed by atoms with Gasteiger partial charge in [0.25, 0.3) is 5.09 Å². The molecule has 4 aliphatic rings. The van der Waals surface area contributed by atoms with E-state index < -0.39 is 207 Å². The minimum atomic E-state index is -2.30. The van der Waals surface area contributed by atoms with E-state index in [9.17, 15) is 63.6 Å². The van der Waals surface area contributed by atoms with Gasteiger partial charge in [-0.15, -0.1) is 10.1 Å². The van der Waals surface area contributed by atoms with E-state index in [0.717, 1.165) is 69.2 Å². The fourth-order valence-corrected chi connectivity index (χ4v) is 9.12. The number of esters is 10. The van der Waals surface area contributed by atoms with E-state index >= 15 is 0 Å². The highest BCUT2D eigenvalue weighted by molar-refractivity contribution is 5.70. The highest BCUT2D eigenvalue weighted by atomic mass is 17.0. The lowest BCUT2D eigenvalue weighted by molar-refractivity contribution is -0.783. The quantitative estimate of drug-likeness (QED) is 0.0282. The first-order valence-electron chi connectivity index (χ1n) is 23.9. The van der Waals surface area contributed by atoms with Gasteiger partial charge in [-0.05, 0) is 12.5 Å². The SMILES string of the molecule is CC(=O)OCC1O[C@@H](O[N+](=O)[O-])C(N=[N+]=[N-])[C@@H](O[C@@H]2OC(C)[C@@H](OC(C)=O)C(OC(C)=O)[C@H]2OC(C)=O)[C@@H]1O[C@@H]1OC(COC(C)=O)[C@H](OC(C)=O)[C@H](OC(C)=O)[C@H]1O[C@@H]1CC(OC(C)=O)[C@@H](OC(C)=O)[C@H](OC(C)=O)C1C. The molecule has 7 unspecified atom stereocenters. The van der Waals surface area contributed by atoms with Crippen molar-refractivity contribution < 1.29 is 134 Å². The van der Waals surface area contributed by atoms with Crippen LogP contribution in [0.5, 0.6) is 0 Å². The normalized spacial score (nSPS) is 34.3. The molecule has 0 aromatic rings. The Hall–Kier alpha value is -7.03. The average Bonchev–Trinajstić information content (AvgIpc) is 3.33. The first-order valence-corrected chi connectivity index (χ1v) is 23.9. The van der Waals surface area contributed by atoms with Gasteiger partial charge in [0.15, 0.2) is 49.2 Å². The van der Waals surface area contributed by atoms with Gasteiger partial charge in [0.1, 0.15) is 62.0 Å². The Morgan fingerprint density at radius 1 is 0.474 bits per heavy atom. The Labute approximate surface area is 443 Å². The second-order valence-corrected chi connectivity index (χ2v) is 18.0. The molecule has 4 rings (SSSR count). The zero-order valence-corrected chi connectivity index (χ0v) is 44.3. The summed E-state index contributed by atoms with van der Waals surface area (Å²) in [5, 5.41) is 14.4. The minimum Gasteiger partial charge on any atom is -0.463 e. The summed E-state index contributed by atoms with van der Waals surface area (Å²) >= 11 is 0. The van der Waals surface area contributed by atoms with Crippen LogP contribution in [0.2, 0.25) is 0 Å². The van der Waals surface area contributed by atoms with Gasteiger partial charge in [-0.2, -0.15) is 0 Å². The molecule has 1 aliphatic carbocycles. The summed E-state index contributed by atoms with van der Waals surface area (Å²) in [4.78, 5) is 146. The highest BCUT2D eigenvalue weighted by Crippen LogP contribution is 2.41. The molecule has 0 amide bonds. The monoisotopic (exact) mass is 1120 g/mol. The Balaban J connectivity index is 2.06. The van der Waals surface area contributed by atoms with Gasteiger partial charge in [0.2, 0.25) is 6.29 Å². The summed E-state index contributed by atoms with van der Waals surface area (Å²) in [7, 11) is 0. The maximum atomic E-state index is 13.2. The molecule has 0 aromatic carbocycles. The van der Waals surface area contributed by atoms with Crippen LogP contribution in [0.3, 0.4) is 0 Å². The second kappa shape index (κ2) is 28.6. The number of hydrogen-bond acceptors (Lipinski definition) is 30. The van der Waals surface area contributed by atoms with Crippen molar-refractivity contribution in [3.05, 3.63) is 20.6 Å². The Kier molecular flexibility index (Phi) is 23.2. The number of ether oxygens (including phenoxy) is 16. The lowest BCUT2D eigenvalue weighted by atomic mass is 9.80. The summed E-state index contributed by atoms with van der Waals surface area (Å²) < 4.78 is 93.5. The maximum absolute atomic E-state index is 13.2. The molecule has 1 saturated carbocycles. The molecule has 0 radical (unpaired) electrons. The van der Waals surface area contributed by atoms with Crippen molar-refractivity contribution in [1.29, 1.82) is 0 Å². The lowest BCUT2D eigenvalue weighted by Gasteiger charge is -2.51. The number of carbonyl (C=O) groups is 10. The largest absolute Gasteiger partial charge is 0.463 e. The molecule has 0 N–H and O–H groups in total. The van der Waals surface area contributed by atoms with Crippen LogP contribution in [0.1, 0.15) is 89.5 Å². The van der Waals surface area contributed by atoms with Gasteiger partial charge < -0.3 is 75.8 Å². The van der Waals surface area contributed by atoms with Crippen molar-refractivity contribution in [2.24, 2.45) is 11.0 Å². The predicted octanol–water partition coefficient (Wildman–Crippen LogP) is 0.212. The van der Waals surface area contributed by atoms with Crippen molar-refractivity contribution in [2.45, 2.75) is 206 Å². The van der Waals surface area contributed by atoms with Crippen LogP contribution in [-0.4, -0.2) is 194 Å². The average molecular weight is 1120 g/mol. The molecule has 436 valence electrons. The Morgan fingerprint density at radius 3 is 1.37 bits per heavy atom. The molecule has 3 saturated heterocycles. The van der Waals surface area contributed by atoms with E-state index in [4.69, 9.17) is 80.6 Å². The van der Waals surface area contributed by atoms with Crippen LogP contribution in [0.25, 0.3) is 10.4 Å². The lowest BCUT2D eigenvalue weighted by Crippen LogP contribution is -2.68. The predicted molar refractivity (Wildman–Crippen MR) is 243 cm³/mol. The number of carbonyl (C=O) groups excluding carboxylic acids is 10. The van der Waals surface area contributed by atoms with Crippen LogP contribution in [-0.2, 0) is 129 Å². The number of hydrogen-bond donors (Lipinski definition) is 0. The van der Waals surface area contributed by atoms with Crippen LogP contribution in [0.4, 0.5) is 0 Å². The summed E-state index contributed by atoms with van der Waals surface area (Å²) in [6.07, 6.45) is -32.5. The molecule has 3 aliphatic heterocycles. The van der Waals surface area contributed by atoms with Crippen molar-refractivity contribution in [2.75, 3.05) is 13.2 Å². The number of nitrogens with zero attached hydrogens (tertiary/aromatic N) is 4. The first kappa shape index (κ1) is 63.5. The summed E-state index contributed by atoms with van der Waals surface area (Å²) in [5.74, 6) is -10.6. The van der Waals surface area contributed by atoms with Crippen molar-refractivity contribution in [3.63, 3.8) is 0 Å². The molecule has 0 bridgehead atoms. The van der Waals surface area contributed by atoms with Gasteiger partial charge in [-0.1, -0.05) is 12.0 Å². The second-order valence-electron chi connectivity index (χ2n) is 18.0. The van der Waals surface area contributed by atoms with E-state index in [-0.39, 0.29) is 0 Å². The highest BCUT2D eigenvalue weighted by Gasteiger charge is 2.60. The molecule has 20 atom stereocenters. The molecule has 0 aromatic heterocycles. The number of rotatable bonds is 21. The topological polar surface area (TPSA) is 420 Å². The smallest absolute Gasteiger partial charge is 0.303 e. The molecule has 0 spiro atoms. The standard InChI is InChI=1S/C45H62N4O29/c1-16-28(13-29(65-20(5)52)35(68-23(8)55)33(16)66-21(6)53)73-42-40(71-26(11)58)37(69-24(9)56)31(15-63-19(4)51)75-45(42)76-36-30(14-62-18(3)50)74-43(78-49(60)61)32(47-48-46)38(36)77-44-41(72-27(12)59)39(70-25(10)57)34(17(2)64-44)67-22(7)54/h16-17,28-45H,13-15H2,1-12H3/t16?,17?,28-,29?,30?,31?,32?,33-,34-,35-,36-,37+,38-,39?,40+,41-,42-,43+,44+,45+/m1/s1. The van der Waals surface area contributed by atoms with E-state index in [1.54, 1.807) is 0 Å². The third-order valence-electron chi connectivity index (χ3n) is 11.8. The van der Waals surface area contributed by atoms with Crippen molar-refractivity contribution in [1.82, 2.24) is 0 Å². The van der Waals surface area contributed by atoms with Gasteiger partial charge in [-0.3, -0.25) is 52.8 Å². The summed E-state index contributed by atoms with van der Waals surface area (Å²) in [6.45, 7) is 11.0. The molecular formula is C45H62N4O29. The third-order valence-corrected chi connectivity index (χ3v) is 11.8. The van der Waals surface area contributed by atoms with Crippen LogP contribution in [0.15, 0.2) is 5.11 Å². The molecule has 3 heterocycles. The first-order chi connectivity index (χ1) is 36.5. The van der Waals surface area contributed by atoms with E-state index in [1.807, 2.05) is 0 Å². The molecule has 33 heteroatoms. The minimum absolute atomic E-state index is 0.402. The van der Waals surface area contributed by atoms with Crippen LogP contribution < -0.4 is 0 Å². The van der Waals surface area contributed by atoms with Crippen molar-refractivity contribution in [3.8, 4) is 0 Å². The number of azide groups is 1. The Bertz CT molecular complexity index is 2280. The van der Waals surface area contributed by atoms with Crippen LogP contribution >= 0.6 is 0 Å². The van der Waals surface area contributed by atoms with Crippen LogP contribution in [0, 0.1) is 16.0 Å². The van der Waals surface area contributed by atoms with Gasteiger partial charge in [0.05, 0.1) is 12.2 Å². The maximum Gasteiger partial charge on any atom is 0.303 e. The molecule has 78 heavy (non-hydrogen) atoms. The van der Waals surface area contributed by atoms with Crippen molar-refractivity contribution >= 4 is 59.7 Å². The fraction of sp³-hybridized carbons (Fsp3) is 0.778. The third kappa shape index (κ3) is 17.8. The van der Waals surface area contributed by atoms with E-state index in [2.05, 4.69) is 10.0 Å². The van der Waals surface area contributed by atoms with E-state index in [1.165, 1.54) is 13.8 Å². The zero-order valence-electron chi connectivity index (χ0n) is 44.3. The molecule has 4 fully saturated rings. The molecule has 33 nitrogen and oxygen atoms in total.